The highest BCUT2D eigenvalue weighted by Gasteiger charge is 2.52. The van der Waals surface area contributed by atoms with Gasteiger partial charge < -0.3 is 9.84 Å². The Morgan fingerprint density at radius 3 is 2.67 bits per heavy atom. The van der Waals surface area contributed by atoms with Gasteiger partial charge in [-0.05, 0) is 63.2 Å². The highest BCUT2D eigenvalue weighted by molar-refractivity contribution is 5.74. The van der Waals surface area contributed by atoms with Crippen LogP contribution in [-0.4, -0.2) is 23.8 Å². The lowest BCUT2D eigenvalue weighted by Crippen LogP contribution is -2.41. The minimum Gasteiger partial charge on any atom is -0.481 e. The molecule has 2 aliphatic carbocycles. The Kier molecular flexibility index (Phi) is 3.13. The minimum atomic E-state index is -0.601. The maximum absolute atomic E-state index is 11.8. The van der Waals surface area contributed by atoms with Crippen LogP contribution in [0, 0.1) is 23.2 Å². The average molecular weight is 252 g/mol. The monoisotopic (exact) mass is 252 g/mol. The molecule has 3 heteroatoms. The molecule has 5 unspecified atom stereocenters. The number of ether oxygens (including phenoxy) is 1. The van der Waals surface area contributed by atoms with E-state index in [1.165, 1.54) is 19.3 Å². The summed E-state index contributed by atoms with van der Waals surface area (Å²) in [5, 5.41) is 9.73. The molecule has 0 spiro atoms. The number of fused-ring (bicyclic) bond motifs is 2. The second kappa shape index (κ2) is 4.52. The molecule has 0 aromatic rings. The molecule has 0 aromatic heterocycles. The molecule has 5 atom stereocenters. The van der Waals surface area contributed by atoms with E-state index in [0.717, 1.165) is 38.2 Å². The Hall–Kier alpha value is -0.570. The summed E-state index contributed by atoms with van der Waals surface area (Å²) in [4.78, 5) is 11.8. The SMILES string of the molecule is CC(CC1CCCO1)(C(=O)O)C1CC2CCC1C2. The van der Waals surface area contributed by atoms with Gasteiger partial charge in [-0.2, -0.15) is 0 Å². The number of hydrogen-bond donors (Lipinski definition) is 1. The molecule has 1 aliphatic heterocycles. The molecular formula is C15H24O3. The van der Waals surface area contributed by atoms with Crippen LogP contribution in [-0.2, 0) is 9.53 Å². The number of carboxylic acids is 1. The summed E-state index contributed by atoms with van der Waals surface area (Å²) in [5.74, 6) is 1.26. The van der Waals surface area contributed by atoms with Crippen molar-refractivity contribution in [3.05, 3.63) is 0 Å². The van der Waals surface area contributed by atoms with Crippen LogP contribution >= 0.6 is 0 Å². The van der Waals surface area contributed by atoms with Gasteiger partial charge in [0.05, 0.1) is 11.5 Å². The normalized spacial score (nSPS) is 42.1. The van der Waals surface area contributed by atoms with E-state index in [-0.39, 0.29) is 6.10 Å². The number of carbonyl (C=O) groups is 1. The van der Waals surface area contributed by atoms with E-state index in [1.54, 1.807) is 0 Å². The highest BCUT2D eigenvalue weighted by atomic mass is 16.5. The molecule has 0 amide bonds. The van der Waals surface area contributed by atoms with Gasteiger partial charge in [0.25, 0.3) is 0 Å². The van der Waals surface area contributed by atoms with Crippen molar-refractivity contribution in [3.8, 4) is 0 Å². The maximum Gasteiger partial charge on any atom is 0.309 e. The van der Waals surface area contributed by atoms with Gasteiger partial charge >= 0.3 is 5.97 Å². The standard InChI is InChI=1S/C15H24O3/c1-15(14(16)17,9-12-3-2-6-18-12)13-8-10-4-5-11(13)7-10/h10-13H,2-9H2,1H3,(H,16,17). The molecule has 1 heterocycles. The first-order valence-electron chi connectivity index (χ1n) is 7.44. The van der Waals surface area contributed by atoms with Crippen LogP contribution < -0.4 is 0 Å². The summed E-state index contributed by atoms with van der Waals surface area (Å²) < 4.78 is 5.68. The Balaban J connectivity index is 1.75. The van der Waals surface area contributed by atoms with E-state index < -0.39 is 11.4 Å². The van der Waals surface area contributed by atoms with Gasteiger partial charge in [0.1, 0.15) is 0 Å². The van der Waals surface area contributed by atoms with E-state index in [1.807, 2.05) is 6.92 Å². The third-order valence-electron chi connectivity index (χ3n) is 5.72. The van der Waals surface area contributed by atoms with Crippen LogP contribution in [0.15, 0.2) is 0 Å². The zero-order chi connectivity index (χ0) is 12.8. The predicted molar refractivity (Wildman–Crippen MR) is 68.3 cm³/mol. The molecule has 102 valence electrons. The second-order valence-corrected chi connectivity index (χ2v) is 6.84. The van der Waals surface area contributed by atoms with Crippen molar-refractivity contribution in [2.75, 3.05) is 6.61 Å². The smallest absolute Gasteiger partial charge is 0.309 e. The van der Waals surface area contributed by atoms with Crippen LogP contribution in [0.4, 0.5) is 0 Å². The van der Waals surface area contributed by atoms with Gasteiger partial charge in [0.2, 0.25) is 0 Å². The Morgan fingerprint density at radius 2 is 2.17 bits per heavy atom. The van der Waals surface area contributed by atoms with Crippen LogP contribution in [0.1, 0.15) is 51.9 Å². The molecule has 3 fully saturated rings. The largest absolute Gasteiger partial charge is 0.481 e. The number of rotatable bonds is 4. The van der Waals surface area contributed by atoms with Gasteiger partial charge in [-0.15, -0.1) is 0 Å². The topological polar surface area (TPSA) is 46.5 Å². The minimum absolute atomic E-state index is 0.185. The summed E-state index contributed by atoms with van der Waals surface area (Å²) in [5.41, 5.74) is -0.561. The lowest BCUT2D eigenvalue weighted by atomic mass is 9.66. The summed E-state index contributed by atoms with van der Waals surface area (Å²) in [6.07, 6.45) is 8.04. The molecule has 3 nitrogen and oxygen atoms in total. The first kappa shape index (κ1) is 12.5. The predicted octanol–water partition coefficient (Wildman–Crippen LogP) is 3.08. The average Bonchev–Trinajstić information content (AvgIpc) is 3.04. The molecule has 3 rings (SSSR count). The van der Waals surface area contributed by atoms with Gasteiger partial charge in [0, 0.05) is 6.61 Å². The molecule has 1 saturated heterocycles. The lowest BCUT2D eigenvalue weighted by Gasteiger charge is -2.38. The molecule has 2 saturated carbocycles. The quantitative estimate of drug-likeness (QED) is 0.836. The van der Waals surface area contributed by atoms with Gasteiger partial charge in [-0.25, -0.2) is 0 Å². The van der Waals surface area contributed by atoms with Crippen molar-refractivity contribution < 1.29 is 14.6 Å². The molecule has 1 N–H and O–H groups in total. The highest BCUT2D eigenvalue weighted by Crippen LogP contribution is 2.56. The fraction of sp³-hybridized carbons (Fsp3) is 0.933. The van der Waals surface area contributed by atoms with Gasteiger partial charge in [-0.1, -0.05) is 6.42 Å². The first-order chi connectivity index (χ1) is 8.59. The van der Waals surface area contributed by atoms with E-state index in [4.69, 9.17) is 4.74 Å². The Labute approximate surface area is 109 Å². The summed E-state index contributed by atoms with van der Waals surface area (Å²) in [7, 11) is 0. The van der Waals surface area contributed by atoms with Crippen LogP contribution in [0.2, 0.25) is 0 Å². The summed E-state index contributed by atoms with van der Waals surface area (Å²) in [6.45, 7) is 2.79. The Bertz CT molecular complexity index is 335. The fourth-order valence-electron chi connectivity index (χ4n) is 4.70. The van der Waals surface area contributed by atoms with E-state index in [2.05, 4.69) is 0 Å². The lowest BCUT2D eigenvalue weighted by molar-refractivity contribution is -0.155. The Morgan fingerprint density at radius 1 is 1.33 bits per heavy atom. The molecule has 0 radical (unpaired) electrons. The van der Waals surface area contributed by atoms with Crippen molar-refractivity contribution in [2.24, 2.45) is 23.2 Å². The van der Waals surface area contributed by atoms with E-state index >= 15 is 0 Å². The van der Waals surface area contributed by atoms with Crippen molar-refractivity contribution >= 4 is 5.97 Å². The number of carboxylic acid groups (broad SMARTS) is 1. The van der Waals surface area contributed by atoms with Gasteiger partial charge in [0.15, 0.2) is 0 Å². The van der Waals surface area contributed by atoms with E-state index in [9.17, 15) is 9.90 Å². The zero-order valence-electron chi connectivity index (χ0n) is 11.2. The second-order valence-electron chi connectivity index (χ2n) is 6.84. The van der Waals surface area contributed by atoms with Crippen molar-refractivity contribution in [2.45, 2.75) is 58.0 Å². The van der Waals surface area contributed by atoms with Crippen LogP contribution in [0.5, 0.6) is 0 Å². The third kappa shape index (κ3) is 1.97. The molecule has 18 heavy (non-hydrogen) atoms. The van der Waals surface area contributed by atoms with Gasteiger partial charge in [-0.3, -0.25) is 4.79 Å². The van der Waals surface area contributed by atoms with Crippen LogP contribution in [0.3, 0.4) is 0 Å². The number of aliphatic carboxylic acids is 1. The maximum atomic E-state index is 11.8. The van der Waals surface area contributed by atoms with Crippen molar-refractivity contribution in [3.63, 3.8) is 0 Å². The molecular weight excluding hydrogens is 228 g/mol. The van der Waals surface area contributed by atoms with Crippen molar-refractivity contribution in [1.82, 2.24) is 0 Å². The van der Waals surface area contributed by atoms with Crippen molar-refractivity contribution in [1.29, 1.82) is 0 Å². The third-order valence-corrected chi connectivity index (χ3v) is 5.72. The molecule has 3 aliphatic rings. The van der Waals surface area contributed by atoms with Crippen LogP contribution in [0.25, 0.3) is 0 Å². The number of hydrogen-bond acceptors (Lipinski definition) is 2. The molecule has 0 aromatic carbocycles. The molecule has 2 bridgehead atoms. The summed E-state index contributed by atoms with van der Waals surface area (Å²) in [6, 6.07) is 0. The van der Waals surface area contributed by atoms with E-state index in [0.29, 0.717) is 11.8 Å². The fourth-order valence-corrected chi connectivity index (χ4v) is 4.70. The zero-order valence-corrected chi connectivity index (χ0v) is 11.2. The summed E-state index contributed by atoms with van der Waals surface area (Å²) >= 11 is 0. The first-order valence-corrected chi connectivity index (χ1v) is 7.44.